The summed E-state index contributed by atoms with van der Waals surface area (Å²) in [7, 11) is 1.58. The van der Waals surface area contributed by atoms with Gasteiger partial charge in [-0.1, -0.05) is 60.3 Å². The Morgan fingerprint density at radius 1 is 0.879 bits per heavy atom. The Morgan fingerprint density at radius 2 is 1.55 bits per heavy atom. The van der Waals surface area contributed by atoms with Gasteiger partial charge < -0.3 is 10.6 Å². The minimum atomic E-state index is -0.171. The van der Waals surface area contributed by atoms with E-state index in [4.69, 9.17) is 0 Å². The molecule has 0 saturated carbocycles. The van der Waals surface area contributed by atoms with E-state index in [0.29, 0.717) is 22.8 Å². The van der Waals surface area contributed by atoms with E-state index in [9.17, 15) is 9.59 Å². The second kappa shape index (κ2) is 10.6. The summed E-state index contributed by atoms with van der Waals surface area (Å²) in [5.41, 5.74) is 3.24. The summed E-state index contributed by atoms with van der Waals surface area (Å²) < 4.78 is 1.99. The summed E-state index contributed by atoms with van der Waals surface area (Å²) in [5.74, 6) is 0.642. The number of thioether (sulfide) groups is 1. The molecule has 0 spiro atoms. The molecule has 2 N–H and O–H groups in total. The van der Waals surface area contributed by atoms with E-state index in [2.05, 4.69) is 33.0 Å². The van der Waals surface area contributed by atoms with Crippen LogP contribution in [0.3, 0.4) is 0 Å². The summed E-state index contributed by atoms with van der Waals surface area (Å²) in [5, 5.41) is 14.8. The fourth-order valence-corrected chi connectivity index (χ4v) is 4.07. The Labute approximate surface area is 196 Å². The first kappa shape index (κ1) is 22.3. The highest BCUT2D eigenvalue weighted by atomic mass is 32.2. The van der Waals surface area contributed by atoms with Crippen LogP contribution in [-0.2, 0) is 11.2 Å². The number of nitrogens with zero attached hydrogens (tertiary/aromatic N) is 3. The van der Waals surface area contributed by atoms with Crippen LogP contribution in [0.1, 0.15) is 21.7 Å². The molecule has 2 amide bonds. The maximum Gasteiger partial charge on any atom is 0.251 e. The fraction of sp³-hybridized carbons (Fsp3) is 0.120. The number of aromatic nitrogens is 3. The molecule has 33 heavy (non-hydrogen) atoms. The largest absolute Gasteiger partial charge is 0.355 e. The van der Waals surface area contributed by atoms with Crippen molar-refractivity contribution in [3.8, 4) is 5.69 Å². The van der Waals surface area contributed by atoms with E-state index in [-0.39, 0.29) is 17.6 Å². The standard InChI is InChI=1S/C25H23N5O2S/c1-26-24(32)19-12-14-20(15-13-19)27-23(31)17-33-25-29-28-22(16-18-8-4-2-5-9-18)30(25)21-10-6-3-7-11-21/h2-15H,16-17H2,1H3,(H,26,32)(H,27,31). The fourth-order valence-electron chi connectivity index (χ4n) is 3.30. The predicted octanol–water partition coefficient (Wildman–Crippen LogP) is 3.95. The topological polar surface area (TPSA) is 88.9 Å². The van der Waals surface area contributed by atoms with E-state index in [1.165, 1.54) is 11.8 Å². The first-order chi connectivity index (χ1) is 16.1. The molecule has 0 aliphatic heterocycles. The lowest BCUT2D eigenvalue weighted by Gasteiger charge is -2.10. The van der Waals surface area contributed by atoms with E-state index in [0.717, 1.165) is 17.1 Å². The van der Waals surface area contributed by atoms with Crippen molar-refractivity contribution in [3.05, 3.63) is 102 Å². The van der Waals surface area contributed by atoms with Gasteiger partial charge in [0.15, 0.2) is 5.16 Å². The zero-order chi connectivity index (χ0) is 23.0. The van der Waals surface area contributed by atoms with Gasteiger partial charge in [0.2, 0.25) is 5.91 Å². The van der Waals surface area contributed by atoms with Crippen molar-refractivity contribution < 1.29 is 9.59 Å². The van der Waals surface area contributed by atoms with Gasteiger partial charge in [0, 0.05) is 30.4 Å². The molecule has 1 heterocycles. The van der Waals surface area contributed by atoms with Crippen LogP contribution in [0.5, 0.6) is 0 Å². The Hall–Kier alpha value is -3.91. The second-order valence-electron chi connectivity index (χ2n) is 7.23. The van der Waals surface area contributed by atoms with Gasteiger partial charge in [0.05, 0.1) is 5.75 Å². The van der Waals surface area contributed by atoms with Crippen molar-refractivity contribution in [1.29, 1.82) is 0 Å². The molecule has 0 radical (unpaired) electrons. The third-order valence-corrected chi connectivity index (χ3v) is 5.84. The Bertz CT molecular complexity index is 1220. The molecule has 8 heteroatoms. The Balaban J connectivity index is 1.47. The zero-order valence-corrected chi connectivity index (χ0v) is 18.9. The molecule has 4 rings (SSSR count). The van der Waals surface area contributed by atoms with E-state index < -0.39 is 0 Å². The van der Waals surface area contributed by atoms with Crippen molar-refractivity contribution in [3.63, 3.8) is 0 Å². The van der Waals surface area contributed by atoms with Gasteiger partial charge in [-0.15, -0.1) is 10.2 Å². The van der Waals surface area contributed by atoms with Crippen LogP contribution in [0, 0.1) is 0 Å². The third-order valence-electron chi connectivity index (χ3n) is 4.91. The molecular weight excluding hydrogens is 434 g/mol. The van der Waals surface area contributed by atoms with Gasteiger partial charge in [0.1, 0.15) is 5.82 Å². The normalized spacial score (nSPS) is 10.6. The SMILES string of the molecule is CNC(=O)c1ccc(NC(=O)CSc2nnc(Cc3ccccc3)n2-c2ccccc2)cc1. The molecule has 1 aromatic heterocycles. The maximum atomic E-state index is 12.5. The summed E-state index contributed by atoms with van der Waals surface area (Å²) in [6.07, 6.45) is 0.632. The van der Waals surface area contributed by atoms with Crippen LogP contribution in [0.2, 0.25) is 0 Å². The minimum absolute atomic E-state index is 0.167. The van der Waals surface area contributed by atoms with Crippen LogP contribution in [0.15, 0.2) is 90.1 Å². The van der Waals surface area contributed by atoms with Gasteiger partial charge in [0.25, 0.3) is 5.91 Å². The van der Waals surface area contributed by atoms with E-state index in [1.807, 2.05) is 53.1 Å². The van der Waals surface area contributed by atoms with Gasteiger partial charge >= 0.3 is 0 Å². The molecule has 0 atom stereocenters. The second-order valence-corrected chi connectivity index (χ2v) is 8.17. The molecule has 0 fully saturated rings. The number of carbonyl (C=O) groups is 2. The first-order valence-corrected chi connectivity index (χ1v) is 11.4. The number of hydrogen-bond acceptors (Lipinski definition) is 5. The molecular formula is C25H23N5O2S. The van der Waals surface area contributed by atoms with Crippen LogP contribution in [0.4, 0.5) is 5.69 Å². The average molecular weight is 458 g/mol. The number of nitrogens with one attached hydrogen (secondary N) is 2. The summed E-state index contributed by atoms with van der Waals surface area (Å²) >= 11 is 1.33. The number of benzene rings is 3. The van der Waals surface area contributed by atoms with Crippen LogP contribution < -0.4 is 10.6 Å². The molecule has 0 aliphatic rings. The Kier molecular flexibility index (Phi) is 7.16. The monoisotopic (exact) mass is 457 g/mol. The molecule has 7 nitrogen and oxygen atoms in total. The van der Waals surface area contributed by atoms with E-state index >= 15 is 0 Å². The first-order valence-electron chi connectivity index (χ1n) is 10.4. The number of amides is 2. The van der Waals surface area contributed by atoms with Gasteiger partial charge in [-0.3, -0.25) is 14.2 Å². The van der Waals surface area contributed by atoms with Crippen molar-refractivity contribution in [2.45, 2.75) is 11.6 Å². The average Bonchev–Trinajstić information content (AvgIpc) is 3.26. The van der Waals surface area contributed by atoms with Crippen molar-refractivity contribution in [2.75, 3.05) is 18.1 Å². The van der Waals surface area contributed by atoms with Crippen LogP contribution in [-0.4, -0.2) is 39.4 Å². The lowest BCUT2D eigenvalue weighted by atomic mass is 10.1. The molecule has 3 aromatic carbocycles. The highest BCUT2D eigenvalue weighted by Crippen LogP contribution is 2.24. The third kappa shape index (κ3) is 5.67. The van der Waals surface area contributed by atoms with Crippen LogP contribution >= 0.6 is 11.8 Å². The summed E-state index contributed by atoms with van der Waals surface area (Å²) in [4.78, 5) is 24.2. The van der Waals surface area contributed by atoms with Crippen LogP contribution in [0.25, 0.3) is 5.69 Å². The molecule has 0 aliphatic carbocycles. The smallest absolute Gasteiger partial charge is 0.251 e. The number of hydrogen-bond donors (Lipinski definition) is 2. The number of para-hydroxylation sites is 1. The predicted molar refractivity (Wildman–Crippen MR) is 130 cm³/mol. The molecule has 4 aromatic rings. The molecule has 0 saturated heterocycles. The minimum Gasteiger partial charge on any atom is -0.355 e. The quantitative estimate of drug-likeness (QED) is 0.391. The Morgan fingerprint density at radius 3 is 2.21 bits per heavy atom. The lowest BCUT2D eigenvalue weighted by Crippen LogP contribution is -2.18. The van der Waals surface area contributed by atoms with Gasteiger partial charge in [-0.25, -0.2) is 0 Å². The lowest BCUT2D eigenvalue weighted by molar-refractivity contribution is -0.113. The molecule has 166 valence electrons. The van der Waals surface area contributed by atoms with Crippen molar-refractivity contribution in [1.82, 2.24) is 20.1 Å². The summed E-state index contributed by atoms with van der Waals surface area (Å²) in [6, 6.07) is 26.7. The zero-order valence-electron chi connectivity index (χ0n) is 18.1. The maximum absolute atomic E-state index is 12.5. The van der Waals surface area contributed by atoms with Gasteiger partial charge in [-0.05, 0) is 42.0 Å². The number of rotatable bonds is 8. The highest BCUT2D eigenvalue weighted by molar-refractivity contribution is 7.99. The van der Waals surface area contributed by atoms with E-state index in [1.54, 1.807) is 31.3 Å². The molecule has 0 unspecified atom stereocenters. The molecule has 0 bridgehead atoms. The number of carbonyl (C=O) groups excluding carboxylic acids is 2. The highest BCUT2D eigenvalue weighted by Gasteiger charge is 2.16. The van der Waals surface area contributed by atoms with Crippen molar-refractivity contribution in [2.24, 2.45) is 0 Å². The number of anilines is 1. The van der Waals surface area contributed by atoms with Crippen molar-refractivity contribution >= 4 is 29.3 Å². The van der Waals surface area contributed by atoms with Gasteiger partial charge in [-0.2, -0.15) is 0 Å². The summed E-state index contributed by atoms with van der Waals surface area (Å²) in [6.45, 7) is 0.